The topological polar surface area (TPSA) is 41.5 Å². The fourth-order valence-electron chi connectivity index (χ4n) is 3.43. The van der Waals surface area contributed by atoms with Crippen LogP contribution in [0.1, 0.15) is 43.2 Å². The van der Waals surface area contributed by atoms with Crippen molar-refractivity contribution in [1.82, 2.24) is 5.32 Å². The molecule has 2 rings (SSSR count). The zero-order valence-corrected chi connectivity index (χ0v) is 13.7. The van der Waals surface area contributed by atoms with E-state index in [4.69, 9.17) is 4.74 Å². The molecule has 1 aliphatic rings. The van der Waals surface area contributed by atoms with Crippen LogP contribution < -0.4 is 5.32 Å². The van der Waals surface area contributed by atoms with Crippen LogP contribution in [-0.4, -0.2) is 31.9 Å². The van der Waals surface area contributed by atoms with Gasteiger partial charge in [-0.15, -0.1) is 0 Å². The Balaban J connectivity index is 2.24. The van der Waals surface area contributed by atoms with Crippen LogP contribution >= 0.6 is 0 Å². The Labute approximate surface area is 132 Å². The predicted molar refractivity (Wildman–Crippen MR) is 86.4 cm³/mol. The van der Waals surface area contributed by atoms with Crippen molar-refractivity contribution in [3.8, 4) is 0 Å². The van der Waals surface area contributed by atoms with Crippen LogP contribution in [0.3, 0.4) is 0 Å². The quantitative estimate of drug-likeness (QED) is 0.760. The average Bonchev–Trinajstić information content (AvgIpc) is 2.54. The van der Waals surface area contributed by atoms with Crippen molar-refractivity contribution in [2.24, 2.45) is 5.92 Å². The average molecular weight is 309 g/mol. The van der Waals surface area contributed by atoms with E-state index in [1.54, 1.807) is 19.2 Å². The molecule has 2 N–H and O–H groups in total. The van der Waals surface area contributed by atoms with E-state index in [0.29, 0.717) is 18.6 Å². The minimum Gasteiger partial charge on any atom is -0.385 e. The van der Waals surface area contributed by atoms with Crippen molar-refractivity contribution in [2.45, 2.75) is 44.6 Å². The summed E-state index contributed by atoms with van der Waals surface area (Å²) >= 11 is 0. The number of piperidine rings is 1. The number of rotatable bonds is 7. The summed E-state index contributed by atoms with van der Waals surface area (Å²) in [4.78, 5) is 0. The van der Waals surface area contributed by atoms with E-state index in [2.05, 4.69) is 5.32 Å². The van der Waals surface area contributed by atoms with Gasteiger partial charge in [-0.3, -0.25) is 0 Å². The first kappa shape index (κ1) is 17.4. The van der Waals surface area contributed by atoms with Crippen molar-refractivity contribution >= 4 is 0 Å². The first-order valence-electron chi connectivity index (χ1n) is 8.26. The van der Waals surface area contributed by atoms with Gasteiger partial charge in [0.05, 0.1) is 5.60 Å². The van der Waals surface area contributed by atoms with E-state index < -0.39 is 5.60 Å². The van der Waals surface area contributed by atoms with Gasteiger partial charge in [-0.05, 0) is 51.6 Å². The molecular formula is C18H28FNO2. The molecule has 0 amide bonds. The lowest BCUT2D eigenvalue weighted by atomic mass is 9.74. The van der Waals surface area contributed by atoms with Gasteiger partial charge in [-0.1, -0.05) is 17.7 Å². The number of benzene rings is 1. The number of hydrogen-bond donors (Lipinski definition) is 2. The summed E-state index contributed by atoms with van der Waals surface area (Å²) in [7, 11) is 1.68. The lowest BCUT2D eigenvalue weighted by Gasteiger charge is -2.39. The Morgan fingerprint density at radius 3 is 2.91 bits per heavy atom. The number of hydrogen-bond acceptors (Lipinski definition) is 3. The van der Waals surface area contributed by atoms with Crippen molar-refractivity contribution in [1.29, 1.82) is 0 Å². The first-order valence-corrected chi connectivity index (χ1v) is 8.26. The highest BCUT2D eigenvalue weighted by Gasteiger charge is 2.40. The summed E-state index contributed by atoms with van der Waals surface area (Å²) in [6, 6.07) is 5.03. The molecule has 1 aromatic rings. The van der Waals surface area contributed by atoms with E-state index in [1.807, 2.05) is 6.92 Å². The van der Waals surface area contributed by atoms with Gasteiger partial charge in [-0.2, -0.15) is 0 Å². The summed E-state index contributed by atoms with van der Waals surface area (Å²) < 4.78 is 19.5. The third kappa shape index (κ3) is 4.06. The summed E-state index contributed by atoms with van der Waals surface area (Å²) in [5.74, 6) is -0.245. The van der Waals surface area contributed by atoms with E-state index in [9.17, 15) is 9.50 Å². The minimum atomic E-state index is -1.10. The Bertz CT molecular complexity index is 474. The van der Waals surface area contributed by atoms with Gasteiger partial charge in [0.1, 0.15) is 5.82 Å². The third-order valence-electron chi connectivity index (χ3n) is 4.72. The number of ether oxygens (including phenoxy) is 1. The van der Waals surface area contributed by atoms with Gasteiger partial charge in [0.2, 0.25) is 0 Å². The summed E-state index contributed by atoms with van der Waals surface area (Å²) in [6.45, 7) is 4.34. The minimum absolute atomic E-state index is 0.0556. The van der Waals surface area contributed by atoms with Crippen LogP contribution in [0.15, 0.2) is 18.2 Å². The monoisotopic (exact) mass is 309 g/mol. The van der Waals surface area contributed by atoms with E-state index in [0.717, 1.165) is 44.3 Å². The van der Waals surface area contributed by atoms with E-state index >= 15 is 0 Å². The Hall–Kier alpha value is -0.970. The molecule has 1 fully saturated rings. The number of halogens is 1. The van der Waals surface area contributed by atoms with Crippen LogP contribution in [0.5, 0.6) is 0 Å². The molecule has 0 radical (unpaired) electrons. The molecule has 2 atom stereocenters. The SMILES string of the molecule is COCCCC[C@@](O)(c1cc(C)ccc1F)[C@@H]1CCCNC1. The van der Waals surface area contributed by atoms with E-state index in [-0.39, 0.29) is 11.7 Å². The molecule has 0 aromatic heterocycles. The number of methoxy groups -OCH3 is 1. The highest BCUT2D eigenvalue weighted by molar-refractivity contribution is 5.30. The number of nitrogens with one attached hydrogen (secondary N) is 1. The largest absolute Gasteiger partial charge is 0.385 e. The highest BCUT2D eigenvalue weighted by Crippen LogP contribution is 2.39. The van der Waals surface area contributed by atoms with E-state index in [1.165, 1.54) is 6.07 Å². The van der Waals surface area contributed by atoms with Gasteiger partial charge in [0.25, 0.3) is 0 Å². The molecule has 22 heavy (non-hydrogen) atoms. The van der Waals surface area contributed by atoms with Crippen molar-refractivity contribution in [3.05, 3.63) is 35.1 Å². The highest BCUT2D eigenvalue weighted by atomic mass is 19.1. The van der Waals surface area contributed by atoms with Gasteiger partial charge in [0.15, 0.2) is 0 Å². The molecule has 0 spiro atoms. The van der Waals surface area contributed by atoms with Crippen LogP contribution in [0.2, 0.25) is 0 Å². The Morgan fingerprint density at radius 2 is 2.23 bits per heavy atom. The number of unbranched alkanes of at least 4 members (excludes halogenated alkanes) is 1. The maximum absolute atomic E-state index is 14.4. The summed E-state index contributed by atoms with van der Waals surface area (Å²) in [5.41, 5.74) is 0.339. The molecule has 3 nitrogen and oxygen atoms in total. The molecule has 1 aliphatic heterocycles. The maximum Gasteiger partial charge on any atom is 0.129 e. The van der Waals surface area contributed by atoms with Crippen LogP contribution in [0.4, 0.5) is 4.39 Å². The van der Waals surface area contributed by atoms with Gasteiger partial charge >= 0.3 is 0 Å². The van der Waals surface area contributed by atoms with Gasteiger partial charge < -0.3 is 15.2 Å². The van der Waals surface area contributed by atoms with Gasteiger partial charge in [-0.25, -0.2) is 4.39 Å². The predicted octanol–water partition coefficient (Wildman–Crippen LogP) is 3.14. The molecule has 1 saturated heterocycles. The maximum atomic E-state index is 14.4. The van der Waals surface area contributed by atoms with Gasteiger partial charge in [0, 0.05) is 31.7 Å². The molecule has 0 aliphatic carbocycles. The van der Waals surface area contributed by atoms with Crippen molar-refractivity contribution in [3.63, 3.8) is 0 Å². The third-order valence-corrected chi connectivity index (χ3v) is 4.72. The zero-order valence-electron chi connectivity index (χ0n) is 13.7. The summed E-state index contributed by atoms with van der Waals surface area (Å²) in [5, 5.41) is 14.7. The number of aryl methyl sites for hydroxylation is 1. The van der Waals surface area contributed by atoms with Crippen molar-refractivity contribution in [2.75, 3.05) is 26.8 Å². The second kappa shape index (κ2) is 8.04. The zero-order chi connectivity index (χ0) is 16.0. The molecular weight excluding hydrogens is 281 g/mol. The molecule has 1 heterocycles. The van der Waals surface area contributed by atoms with Crippen LogP contribution in [0.25, 0.3) is 0 Å². The lowest BCUT2D eigenvalue weighted by molar-refractivity contribution is -0.0461. The lowest BCUT2D eigenvalue weighted by Crippen LogP contribution is -2.45. The fraction of sp³-hybridized carbons (Fsp3) is 0.667. The normalized spacial score (nSPS) is 21.5. The first-order chi connectivity index (χ1) is 10.6. The summed E-state index contributed by atoms with van der Waals surface area (Å²) in [6.07, 6.45) is 4.24. The molecule has 4 heteroatoms. The van der Waals surface area contributed by atoms with Crippen LogP contribution in [0, 0.1) is 18.7 Å². The number of aliphatic hydroxyl groups is 1. The molecule has 1 aromatic carbocycles. The molecule has 0 bridgehead atoms. The molecule has 0 unspecified atom stereocenters. The molecule has 124 valence electrons. The fourth-order valence-corrected chi connectivity index (χ4v) is 3.43. The smallest absolute Gasteiger partial charge is 0.129 e. The molecule has 0 saturated carbocycles. The second-order valence-electron chi connectivity index (χ2n) is 6.40. The Kier molecular flexibility index (Phi) is 6.36. The second-order valence-corrected chi connectivity index (χ2v) is 6.40. The Morgan fingerprint density at radius 1 is 1.41 bits per heavy atom. The van der Waals surface area contributed by atoms with Crippen molar-refractivity contribution < 1.29 is 14.2 Å². The van der Waals surface area contributed by atoms with Crippen LogP contribution in [-0.2, 0) is 10.3 Å². The standard InChI is InChI=1S/C18H28FNO2/c1-14-7-8-17(19)16(12-14)18(21,9-3-4-11-22-2)15-6-5-10-20-13-15/h7-8,12,15,20-21H,3-6,9-11,13H2,1-2H3/t15-,18+/m1/s1.